The SMILES string of the molecule is Cc1cc2nc(C=Cc3nc4cc(C)c(S(=O)(=O)O)cc4o3)oc2cc1S(=O)(=O)O. The molecule has 2 aromatic heterocycles. The summed E-state index contributed by atoms with van der Waals surface area (Å²) in [5.74, 6) is 0.267. The Hall–Kier alpha value is -3.06. The van der Waals surface area contributed by atoms with Gasteiger partial charge in [0.2, 0.25) is 11.8 Å². The fourth-order valence-corrected chi connectivity index (χ4v) is 4.44. The second kappa shape index (κ2) is 6.74. The number of rotatable bonds is 4. The van der Waals surface area contributed by atoms with Crippen LogP contribution in [0.1, 0.15) is 22.9 Å². The zero-order valence-corrected chi connectivity index (χ0v) is 17.2. The summed E-state index contributed by atoms with van der Waals surface area (Å²) >= 11 is 0. The second-order valence-electron chi connectivity index (χ2n) is 6.56. The second-order valence-corrected chi connectivity index (χ2v) is 9.34. The highest BCUT2D eigenvalue weighted by Gasteiger charge is 2.18. The van der Waals surface area contributed by atoms with Crippen molar-refractivity contribution in [3.63, 3.8) is 0 Å². The van der Waals surface area contributed by atoms with Gasteiger partial charge >= 0.3 is 0 Å². The van der Waals surface area contributed by atoms with Gasteiger partial charge in [-0.05, 0) is 37.1 Å². The van der Waals surface area contributed by atoms with E-state index in [1.165, 1.54) is 50.3 Å². The largest absolute Gasteiger partial charge is 0.437 e. The minimum Gasteiger partial charge on any atom is -0.437 e. The molecule has 0 fully saturated rings. The molecule has 156 valence electrons. The molecule has 0 aliphatic carbocycles. The Morgan fingerprint density at radius 1 is 0.733 bits per heavy atom. The van der Waals surface area contributed by atoms with Crippen molar-refractivity contribution < 1.29 is 34.8 Å². The van der Waals surface area contributed by atoms with Gasteiger partial charge in [-0.2, -0.15) is 16.8 Å². The standard InChI is InChI=1S/C18H14N2O8S2/c1-9-5-11-13(7-15(9)29(21,22)23)27-17(19-11)3-4-18-20-12-6-10(2)16(30(24,25)26)8-14(12)28-18/h3-8H,1-2H3,(H,21,22,23)(H,24,25,26). The van der Waals surface area contributed by atoms with Crippen molar-refractivity contribution in [2.45, 2.75) is 23.6 Å². The predicted molar refractivity (Wildman–Crippen MR) is 106 cm³/mol. The topological polar surface area (TPSA) is 161 Å². The quantitative estimate of drug-likeness (QED) is 0.441. The van der Waals surface area contributed by atoms with Gasteiger partial charge in [0.1, 0.15) is 20.8 Å². The van der Waals surface area contributed by atoms with Crippen LogP contribution in [0.5, 0.6) is 0 Å². The first kappa shape index (κ1) is 20.2. The summed E-state index contributed by atoms with van der Waals surface area (Å²) < 4.78 is 75.2. The van der Waals surface area contributed by atoms with E-state index in [0.717, 1.165) is 0 Å². The van der Waals surface area contributed by atoms with E-state index in [1.807, 2.05) is 0 Å². The molecule has 0 amide bonds. The average Bonchev–Trinajstić information content (AvgIpc) is 3.18. The number of benzene rings is 2. The highest BCUT2D eigenvalue weighted by molar-refractivity contribution is 7.86. The van der Waals surface area contributed by atoms with Crippen LogP contribution in [0.15, 0.2) is 42.9 Å². The summed E-state index contributed by atoms with van der Waals surface area (Å²) in [6.45, 7) is 3.04. The van der Waals surface area contributed by atoms with Gasteiger partial charge in [0.15, 0.2) is 11.2 Å². The van der Waals surface area contributed by atoms with Gasteiger partial charge in [0, 0.05) is 24.3 Å². The molecule has 4 aromatic rings. The molecular formula is C18H14N2O8S2. The molecular weight excluding hydrogens is 436 g/mol. The monoisotopic (exact) mass is 450 g/mol. The summed E-state index contributed by atoms with van der Waals surface area (Å²) in [6.07, 6.45) is 2.87. The molecule has 2 heterocycles. The Kier molecular flexibility index (Phi) is 4.54. The van der Waals surface area contributed by atoms with Crippen molar-refractivity contribution in [3.8, 4) is 0 Å². The average molecular weight is 450 g/mol. The number of hydrogen-bond donors (Lipinski definition) is 2. The van der Waals surface area contributed by atoms with Gasteiger partial charge in [-0.3, -0.25) is 9.11 Å². The molecule has 2 aromatic carbocycles. The van der Waals surface area contributed by atoms with E-state index in [-0.39, 0.29) is 32.7 Å². The first-order valence-corrected chi connectivity index (χ1v) is 11.3. The Balaban J connectivity index is 1.71. The maximum atomic E-state index is 11.4. The van der Waals surface area contributed by atoms with Gasteiger partial charge in [-0.25, -0.2) is 9.97 Å². The summed E-state index contributed by atoms with van der Waals surface area (Å²) in [4.78, 5) is 7.88. The first-order chi connectivity index (χ1) is 13.9. The zero-order valence-electron chi connectivity index (χ0n) is 15.5. The zero-order chi connectivity index (χ0) is 21.8. The summed E-state index contributed by atoms with van der Waals surface area (Å²) in [5.41, 5.74) is 1.75. The van der Waals surface area contributed by atoms with Crippen LogP contribution in [0, 0.1) is 13.8 Å². The maximum absolute atomic E-state index is 11.4. The van der Waals surface area contributed by atoms with Crippen LogP contribution in [0.4, 0.5) is 0 Å². The third kappa shape index (κ3) is 3.73. The Bertz CT molecular complexity index is 1440. The lowest BCUT2D eigenvalue weighted by molar-refractivity contribution is 0.480. The predicted octanol–water partition coefficient (Wildman–Crippen LogP) is 3.25. The van der Waals surface area contributed by atoms with E-state index >= 15 is 0 Å². The highest BCUT2D eigenvalue weighted by Crippen LogP contribution is 2.26. The van der Waals surface area contributed by atoms with Gasteiger partial charge in [-0.1, -0.05) is 0 Å². The molecule has 0 unspecified atom stereocenters. The number of fused-ring (bicyclic) bond motifs is 2. The molecule has 30 heavy (non-hydrogen) atoms. The van der Waals surface area contributed by atoms with Crippen molar-refractivity contribution in [1.82, 2.24) is 9.97 Å². The van der Waals surface area contributed by atoms with Crippen LogP contribution in [0.2, 0.25) is 0 Å². The van der Waals surface area contributed by atoms with Crippen LogP contribution in [0.25, 0.3) is 34.4 Å². The van der Waals surface area contributed by atoms with Crippen molar-refractivity contribution in [2.24, 2.45) is 0 Å². The van der Waals surface area contributed by atoms with Gasteiger partial charge in [-0.15, -0.1) is 0 Å². The summed E-state index contributed by atoms with van der Waals surface area (Å²) in [7, 11) is -8.79. The summed E-state index contributed by atoms with van der Waals surface area (Å²) in [5, 5.41) is 0. The first-order valence-electron chi connectivity index (χ1n) is 8.37. The molecule has 4 rings (SSSR count). The smallest absolute Gasteiger partial charge is 0.294 e. The molecule has 0 saturated carbocycles. The molecule has 0 spiro atoms. The Morgan fingerprint density at radius 2 is 1.10 bits per heavy atom. The molecule has 0 aliphatic rings. The molecule has 0 saturated heterocycles. The maximum Gasteiger partial charge on any atom is 0.294 e. The molecule has 0 atom stereocenters. The number of hydrogen-bond acceptors (Lipinski definition) is 8. The van der Waals surface area contributed by atoms with E-state index in [9.17, 15) is 25.9 Å². The minimum absolute atomic E-state index is 0.133. The number of aryl methyl sites for hydroxylation is 2. The lowest BCUT2D eigenvalue weighted by Gasteiger charge is -2.00. The normalized spacial score (nSPS) is 13.1. The van der Waals surface area contributed by atoms with Gasteiger partial charge in [0.25, 0.3) is 20.2 Å². The molecule has 0 aliphatic heterocycles. The highest BCUT2D eigenvalue weighted by atomic mass is 32.2. The van der Waals surface area contributed by atoms with Crippen molar-refractivity contribution in [3.05, 3.63) is 47.2 Å². The Labute approximate surface area is 170 Å². The Morgan fingerprint density at radius 3 is 1.43 bits per heavy atom. The van der Waals surface area contributed by atoms with Crippen LogP contribution in [0.3, 0.4) is 0 Å². The van der Waals surface area contributed by atoms with Crippen LogP contribution >= 0.6 is 0 Å². The van der Waals surface area contributed by atoms with E-state index in [1.54, 1.807) is 0 Å². The van der Waals surface area contributed by atoms with E-state index in [2.05, 4.69) is 9.97 Å². The number of nitrogens with zero attached hydrogens (tertiary/aromatic N) is 2. The van der Waals surface area contributed by atoms with Crippen molar-refractivity contribution in [1.29, 1.82) is 0 Å². The van der Waals surface area contributed by atoms with Crippen molar-refractivity contribution in [2.75, 3.05) is 0 Å². The lowest BCUT2D eigenvalue weighted by atomic mass is 10.2. The number of oxazole rings is 2. The van der Waals surface area contributed by atoms with Crippen LogP contribution in [-0.2, 0) is 20.2 Å². The van der Waals surface area contributed by atoms with Crippen molar-refractivity contribution >= 4 is 54.6 Å². The molecule has 12 heteroatoms. The van der Waals surface area contributed by atoms with Gasteiger partial charge < -0.3 is 8.83 Å². The minimum atomic E-state index is -4.39. The van der Waals surface area contributed by atoms with Crippen LogP contribution in [-0.4, -0.2) is 35.9 Å². The third-order valence-electron chi connectivity index (χ3n) is 4.33. The molecule has 0 radical (unpaired) electrons. The third-order valence-corrected chi connectivity index (χ3v) is 6.32. The van der Waals surface area contributed by atoms with E-state index in [4.69, 9.17) is 8.83 Å². The van der Waals surface area contributed by atoms with Gasteiger partial charge in [0.05, 0.1) is 0 Å². The summed E-state index contributed by atoms with van der Waals surface area (Å²) in [6, 6.07) is 5.31. The fourth-order valence-electron chi connectivity index (χ4n) is 3.00. The molecule has 10 nitrogen and oxygen atoms in total. The molecule has 0 bridgehead atoms. The molecule has 2 N–H and O–H groups in total. The van der Waals surface area contributed by atoms with E-state index < -0.39 is 20.2 Å². The van der Waals surface area contributed by atoms with E-state index in [0.29, 0.717) is 22.2 Å². The lowest BCUT2D eigenvalue weighted by Crippen LogP contribution is -2.00. The fraction of sp³-hybridized carbons (Fsp3) is 0.111. The van der Waals surface area contributed by atoms with Crippen LogP contribution < -0.4 is 0 Å². The number of aromatic nitrogens is 2.